The van der Waals surface area contributed by atoms with Gasteiger partial charge in [-0.3, -0.25) is 9.69 Å². The van der Waals surface area contributed by atoms with E-state index in [1.54, 1.807) is 7.11 Å². The van der Waals surface area contributed by atoms with Crippen LogP contribution in [0.15, 0.2) is 0 Å². The van der Waals surface area contributed by atoms with Gasteiger partial charge in [-0.25, -0.2) is 0 Å². The van der Waals surface area contributed by atoms with Gasteiger partial charge < -0.3 is 10.1 Å². The Morgan fingerprint density at radius 1 is 1.42 bits per heavy atom. The average molecular weight is 270 g/mol. The monoisotopic (exact) mass is 270 g/mol. The first kappa shape index (κ1) is 16.4. The molecular weight excluding hydrogens is 240 g/mol. The van der Waals surface area contributed by atoms with Crippen molar-refractivity contribution < 1.29 is 9.53 Å². The topological polar surface area (TPSA) is 41.6 Å². The Kier molecular flexibility index (Phi) is 7.39. The molecule has 0 aromatic carbocycles. The van der Waals surface area contributed by atoms with Crippen molar-refractivity contribution in [3.05, 3.63) is 0 Å². The van der Waals surface area contributed by atoms with E-state index in [-0.39, 0.29) is 11.9 Å². The molecule has 0 radical (unpaired) electrons. The fraction of sp³-hybridized carbons (Fsp3) is 0.933. The fourth-order valence-corrected chi connectivity index (χ4v) is 2.69. The van der Waals surface area contributed by atoms with Crippen LogP contribution in [0.25, 0.3) is 0 Å². The minimum atomic E-state index is -0.0639. The molecular formula is C15H30N2O2. The van der Waals surface area contributed by atoms with Gasteiger partial charge in [-0.15, -0.1) is 0 Å². The van der Waals surface area contributed by atoms with E-state index in [2.05, 4.69) is 17.1 Å². The van der Waals surface area contributed by atoms with Crippen LogP contribution in [0.1, 0.15) is 46.0 Å². The molecule has 0 aliphatic heterocycles. The summed E-state index contributed by atoms with van der Waals surface area (Å²) in [6, 6.07) is 0.307. The third kappa shape index (κ3) is 5.49. The zero-order valence-electron chi connectivity index (χ0n) is 12.9. The van der Waals surface area contributed by atoms with Crippen LogP contribution in [0.3, 0.4) is 0 Å². The van der Waals surface area contributed by atoms with Gasteiger partial charge in [0.25, 0.3) is 0 Å². The van der Waals surface area contributed by atoms with Gasteiger partial charge in [0.1, 0.15) is 0 Å². The van der Waals surface area contributed by atoms with Crippen molar-refractivity contribution in [3.8, 4) is 0 Å². The molecule has 4 nitrogen and oxygen atoms in total. The Labute approximate surface area is 117 Å². The van der Waals surface area contributed by atoms with E-state index < -0.39 is 0 Å². The van der Waals surface area contributed by atoms with Crippen molar-refractivity contribution in [1.82, 2.24) is 10.2 Å². The van der Waals surface area contributed by atoms with Crippen LogP contribution in [0.5, 0.6) is 0 Å². The van der Waals surface area contributed by atoms with E-state index >= 15 is 0 Å². The van der Waals surface area contributed by atoms with E-state index in [0.29, 0.717) is 12.0 Å². The molecule has 0 bridgehead atoms. The van der Waals surface area contributed by atoms with E-state index in [1.165, 1.54) is 19.3 Å². The van der Waals surface area contributed by atoms with Gasteiger partial charge in [0.2, 0.25) is 5.91 Å². The molecule has 0 spiro atoms. The normalized spacial score (nSPS) is 25.3. The molecule has 1 N–H and O–H groups in total. The predicted molar refractivity (Wildman–Crippen MR) is 78.1 cm³/mol. The Hall–Kier alpha value is -0.610. The number of likely N-dealkylation sites (N-methyl/N-ethyl adjacent to an activating group) is 1. The first-order valence-corrected chi connectivity index (χ1v) is 7.55. The van der Waals surface area contributed by atoms with Crippen LogP contribution in [0.2, 0.25) is 0 Å². The molecule has 1 amide bonds. The van der Waals surface area contributed by atoms with Crippen molar-refractivity contribution in [3.63, 3.8) is 0 Å². The fourth-order valence-electron chi connectivity index (χ4n) is 2.69. The van der Waals surface area contributed by atoms with Gasteiger partial charge in [0.15, 0.2) is 0 Å². The summed E-state index contributed by atoms with van der Waals surface area (Å²) >= 11 is 0. The van der Waals surface area contributed by atoms with Gasteiger partial charge in [0.05, 0.1) is 6.04 Å². The number of hydrogen-bond donors (Lipinski definition) is 1. The highest BCUT2D eigenvalue weighted by atomic mass is 16.5. The van der Waals surface area contributed by atoms with Gasteiger partial charge in [-0.05, 0) is 39.2 Å². The van der Waals surface area contributed by atoms with Crippen LogP contribution in [0.4, 0.5) is 0 Å². The Balaban J connectivity index is 2.34. The van der Waals surface area contributed by atoms with Crippen molar-refractivity contribution in [2.24, 2.45) is 5.92 Å². The van der Waals surface area contributed by atoms with Gasteiger partial charge >= 0.3 is 0 Å². The molecule has 19 heavy (non-hydrogen) atoms. The second-order valence-corrected chi connectivity index (χ2v) is 5.88. The summed E-state index contributed by atoms with van der Waals surface area (Å²) in [5.41, 5.74) is 0. The van der Waals surface area contributed by atoms with Crippen molar-refractivity contribution in [2.45, 2.75) is 58.0 Å². The Morgan fingerprint density at radius 2 is 2.11 bits per heavy atom. The molecule has 1 rings (SSSR count). The number of nitrogens with zero attached hydrogens (tertiary/aromatic N) is 1. The maximum atomic E-state index is 12.2. The van der Waals surface area contributed by atoms with Crippen molar-refractivity contribution in [1.29, 1.82) is 0 Å². The molecule has 112 valence electrons. The molecule has 1 aliphatic rings. The molecule has 0 aromatic rings. The van der Waals surface area contributed by atoms with E-state index in [1.807, 2.05) is 14.0 Å². The van der Waals surface area contributed by atoms with Gasteiger partial charge in [-0.2, -0.15) is 0 Å². The lowest BCUT2D eigenvalue weighted by atomic mass is 9.86. The van der Waals surface area contributed by atoms with Crippen LogP contribution in [-0.4, -0.2) is 50.2 Å². The molecule has 1 aliphatic carbocycles. The summed E-state index contributed by atoms with van der Waals surface area (Å²) in [7, 11) is 3.71. The van der Waals surface area contributed by atoms with E-state index in [4.69, 9.17) is 4.74 Å². The molecule has 0 heterocycles. The van der Waals surface area contributed by atoms with Crippen LogP contribution in [-0.2, 0) is 9.53 Å². The lowest BCUT2D eigenvalue weighted by molar-refractivity contribution is -0.126. The maximum absolute atomic E-state index is 12.2. The lowest BCUT2D eigenvalue weighted by Gasteiger charge is -2.32. The molecule has 1 saturated carbocycles. The average Bonchev–Trinajstić information content (AvgIpc) is 2.40. The SMILES string of the molecule is COCCCN(C)C(C)C(=O)NC1CCCCC1C. The molecule has 0 saturated heterocycles. The van der Waals surface area contributed by atoms with Crippen molar-refractivity contribution in [2.75, 3.05) is 27.3 Å². The van der Waals surface area contributed by atoms with Crippen LogP contribution >= 0.6 is 0 Å². The number of carbonyl (C=O) groups excluding carboxylic acids is 1. The largest absolute Gasteiger partial charge is 0.385 e. The number of amides is 1. The number of rotatable bonds is 7. The summed E-state index contributed by atoms with van der Waals surface area (Å²) in [5.74, 6) is 0.780. The third-order valence-electron chi connectivity index (χ3n) is 4.34. The number of nitrogens with one attached hydrogen (secondary N) is 1. The number of ether oxygens (including phenoxy) is 1. The maximum Gasteiger partial charge on any atom is 0.237 e. The number of methoxy groups -OCH3 is 1. The predicted octanol–water partition coefficient (Wildman–Crippen LogP) is 2.04. The third-order valence-corrected chi connectivity index (χ3v) is 4.34. The highest BCUT2D eigenvalue weighted by Gasteiger charge is 2.25. The van der Waals surface area contributed by atoms with Crippen LogP contribution < -0.4 is 5.32 Å². The summed E-state index contributed by atoms with van der Waals surface area (Å²) in [6.07, 6.45) is 5.88. The minimum absolute atomic E-state index is 0.0639. The second kappa shape index (κ2) is 8.54. The minimum Gasteiger partial charge on any atom is -0.385 e. The number of hydrogen-bond acceptors (Lipinski definition) is 3. The molecule has 0 aromatic heterocycles. The Morgan fingerprint density at radius 3 is 2.74 bits per heavy atom. The zero-order chi connectivity index (χ0) is 14.3. The second-order valence-electron chi connectivity index (χ2n) is 5.88. The molecule has 4 heteroatoms. The molecule has 1 fully saturated rings. The quantitative estimate of drug-likeness (QED) is 0.720. The molecule has 3 unspecified atom stereocenters. The summed E-state index contributed by atoms with van der Waals surface area (Å²) in [4.78, 5) is 14.3. The van der Waals surface area contributed by atoms with Gasteiger partial charge in [-0.1, -0.05) is 19.8 Å². The van der Waals surface area contributed by atoms with E-state index in [0.717, 1.165) is 26.0 Å². The Bertz CT molecular complexity index is 271. The standard InChI is InChI=1S/C15H30N2O2/c1-12-8-5-6-9-14(12)16-15(18)13(2)17(3)10-7-11-19-4/h12-14H,5-11H2,1-4H3,(H,16,18). The van der Waals surface area contributed by atoms with Gasteiger partial charge in [0, 0.05) is 26.3 Å². The highest BCUT2D eigenvalue weighted by molar-refractivity contribution is 5.81. The first-order valence-electron chi connectivity index (χ1n) is 7.55. The summed E-state index contributed by atoms with van der Waals surface area (Å²) in [6.45, 7) is 5.87. The number of carbonyl (C=O) groups is 1. The van der Waals surface area contributed by atoms with Crippen LogP contribution in [0, 0.1) is 5.92 Å². The highest BCUT2D eigenvalue weighted by Crippen LogP contribution is 2.23. The summed E-state index contributed by atoms with van der Waals surface area (Å²) < 4.78 is 5.04. The van der Waals surface area contributed by atoms with E-state index in [9.17, 15) is 4.79 Å². The first-order chi connectivity index (χ1) is 9.06. The molecule has 3 atom stereocenters. The summed E-state index contributed by atoms with van der Waals surface area (Å²) in [5, 5.41) is 3.23. The zero-order valence-corrected chi connectivity index (χ0v) is 12.9. The van der Waals surface area contributed by atoms with Crippen molar-refractivity contribution >= 4 is 5.91 Å². The smallest absolute Gasteiger partial charge is 0.237 e. The lowest BCUT2D eigenvalue weighted by Crippen LogP contribution is -2.49.